The fourth-order valence-electron chi connectivity index (χ4n) is 1.38. The van der Waals surface area contributed by atoms with E-state index >= 15 is 0 Å². The molecule has 2 rings (SSSR count). The van der Waals surface area contributed by atoms with Crippen LogP contribution in [0, 0.1) is 0 Å². The second-order valence-electron chi connectivity index (χ2n) is 3.47. The molecule has 0 unspecified atom stereocenters. The van der Waals surface area contributed by atoms with Crippen LogP contribution in [0.1, 0.15) is 5.56 Å². The summed E-state index contributed by atoms with van der Waals surface area (Å²) in [5.41, 5.74) is 1.06. The number of nitrogens with zero attached hydrogens (tertiary/aromatic N) is 1. The number of hydrogen-bond donors (Lipinski definition) is 1. The topological polar surface area (TPSA) is 24.9 Å². The zero-order valence-electron chi connectivity index (χ0n) is 8.75. The maximum Gasteiger partial charge on any atom is 0.145 e. The summed E-state index contributed by atoms with van der Waals surface area (Å²) in [7, 11) is 0. The quantitative estimate of drug-likeness (QED) is 0.888. The third-order valence-electron chi connectivity index (χ3n) is 2.16. The molecule has 2 nitrogen and oxygen atoms in total. The van der Waals surface area contributed by atoms with Gasteiger partial charge in [0.25, 0.3) is 0 Å². The molecule has 88 valence electrons. The summed E-state index contributed by atoms with van der Waals surface area (Å²) < 4.78 is 0. The van der Waals surface area contributed by atoms with E-state index < -0.39 is 0 Å². The van der Waals surface area contributed by atoms with Gasteiger partial charge in [-0.1, -0.05) is 46.9 Å². The molecule has 0 atom stereocenters. The first-order valence-electron chi connectivity index (χ1n) is 4.94. The van der Waals surface area contributed by atoms with Crippen LogP contribution < -0.4 is 5.32 Å². The van der Waals surface area contributed by atoms with Crippen molar-refractivity contribution in [2.45, 2.75) is 6.54 Å². The van der Waals surface area contributed by atoms with Gasteiger partial charge in [-0.25, -0.2) is 4.98 Å². The van der Waals surface area contributed by atoms with Crippen LogP contribution in [0.2, 0.25) is 15.1 Å². The van der Waals surface area contributed by atoms with Crippen LogP contribution >= 0.6 is 34.8 Å². The summed E-state index contributed by atoms with van der Waals surface area (Å²) in [6.07, 6.45) is 1.55. The second-order valence-corrected chi connectivity index (χ2v) is 4.75. The largest absolute Gasteiger partial charge is 0.365 e. The predicted molar refractivity (Wildman–Crippen MR) is 73.0 cm³/mol. The Bertz CT molecular complexity index is 529. The predicted octanol–water partition coefficient (Wildman–Crippen LogP) is 4.65. The summed E-state index contributed by atoms with van der Waals surface area (Å²) in [6.45, 7) is 0.606. The van der Waals surface area contributed by atoms with E-state index in [4.69, 9.17) is 34.8 Å². The third kappa shape index (κ3) is 3.50. The van der Waals surface area contributed by atoms with Gasteiger partial charge in [0.15, 0.2) is 0 Å². The molecule has 0 aliphatic rings. The maximum atomic E-state index is 5.99. The van der Waals surface area contributed by atoms with Gasteiger partial charge in [0.2, 0.25) is 0 Å². The summed E-state index contributed by atoms with van der Waals surface area (Å²) in [5.74, 6) is 0.607. The second kappa shape index (κ2) is 5.58. The van der Waals surface area contributed by atoms with Gasteiger partial charge in [-0.15, -0.1) is 0 Å². The molecular weight excluding hydrogens is 279 g/mol. The number of halogens is 3. The van der Waals surface area contributed by atoms with E-state index in [1.807, 2.05) is 24.3 Å². The Kier molecular flexibility index (Phi) is 4.11. The van der Waals surface area contributed by atoms with Gasteiger partial charge in [-0.05, 0) is 23.8 Å². The lowest BCUT2D eigenvalue weighted by Crippen LogP contribution is -2.01. The smallest absolute Gasteiger partial charge is 0.145 e. The Labute approximate surface area is 115 Å². The Morgan fingerprint density at radius 3 is 2.59 bits per heavy atom. The van der Waals surface area contributed by atoms with E-state index in [1.165, 1.54) is 0 Å². The van der Waals surface area contributed by atoms with Crippen LogP contribution in [0.15, 0.2) is 36.5 Å². The van der Waals surface area contributed by atoms with E-state index in [-0.39, 0.29) is 0 Å². The Morgan fingerprint density at radius 2 is 1.88 bits per heavy atom. The number of pyridine rings is 1. The van der Waals surface area contributed by atoms with Crippen LogP contribution in [0.5, 0.6) is 0 Å². The number of benzene rings is 1. The van der Waals surface area contributed by atoms with Gasteiger partial charge < -0.3 is 5.32 Å². The van der Waals surface area contributed by atoms with Crippen molar-refractivity contribution in [2.75, 3.05) is 5.32 Å². The highest BCUT2D eigenvalue weighted by molar-refractivity contribution is 6.35. The van der Waals surface area contributed by atoms with Crippen LogP contribution in [0.4, 0.5) is 5.82 Å². The first-order chi connectivity index (χ1) is 8.15. The highest BCUT2D eigenvalue weighted by Crippen LogP contribution is 2.23. The molecule has 0 bridgehead atoms. The van der Waals surface area contributed by atoms with Crippen LogP contribution in [-0.2, 0) is 6.54 Å². The Morgan fingerprint density at radius 1 is 1.06 bits per heavy atom. The van der Waals surface area contributed by atoms with Crippen molar-refractivity contribution in [1.29, 1.82) is 0 Å². The Balaban J connectivity index is 2.07. The molecule has 0 saturated carbocycles. The fraction of sp³-hybridized carbons (Fsp3) is 0.0833. The number of rotatable bonds is 3. The molecule has 1 aromatic carbocycles. The fourth-order valence-corrected chi connectivity index (χ4v) is 2.04. The van der Waals surface area contributed by atoms with Crippen LogP contribution in [0.25, 0.3) is 0 Å². The van der Waals surface area contributed by atoms with E-state index in [2.05, 4.69) is 10.3 Å². The molecule has 0 spiro atoms. The zero-order valence-corrected chi connectivity index (χ0v) is 11.0. The highest BCUT2D eigenvalue weighted by atomic mass is 35.5. The molecule has 1 heterocycles. The lowest BCUT2D eigenvalue weighted by molar-refractivity contribution is 1.11. The standard InChI is InChI=1S/C12H9Cl3N2/c13-9-3-1-2-8(4-9)6-16-12-11(15)5-10(14)7-17-12/h1-5,7H,6H2,(H,16,17). The van der Waals surface area contributed by atoms with Gasteiger partial charge >= 0.3 is 0 Å². The minimum atomic E-state index is 0.500. The molecule has 2 aromatic rings. The molecule has 1 N–H and O–H groups in total. The maximum absolute atomic E-state index is 5.99. The van der Waals surface area contributed by atoms with Gasteiger partial charge in [-0.2, -0.15) is 0 Å². The monoisotopic (exact) mass is 286 g/mol. The average Bonchev–Trinajstić information content (AvgIpc) is 2.28. The normalized spacial score (nSPS) is 10.3. The molecular formula is C12H9Cl3N2. The Hall–Kier alpha value is -0.960. The van der Waals surface area contributed by atoms with Gasteiger partial charge in [0.05, 0.1) is 10.0 Å². The van der Waals surface area contributed by atoms with Crippen molar-refractivity contribution < 1.29 is 0 Å². The number of hydrogen-bond acceptors (Lipinski definition) is 2. The van der Waals surface area contributed by atoms with Crippen LogP contribution in [-0.4, -0.2) is 4.98 Å². The molecule has 17 heavy (non-hydrogen) atoms. The first-order valence-corrected chi connectivity index (χ1v) is 6.08. The van der Waals surface area contributed by atoms with Crippen molar-refractivity contribution in [3.05, 3.63) is 57.2 Å². The van der Waals surface area contributed by atoms with Crippen molar-refractivity contribution in [2.24, 2.45) is 0 Å². The first kappa shape index (κ1) is 12.5. The van der Waals surface area contributed by atoms with E-state index in [0.29, 0.717) is 27.4 Å². The molecule has 0 radical (unpaired) electrons. The van der Waals surface area contributed by atoms with Crippen molar-refractivity contribution in [3.63, 3.8) is 0 Å². The van der Waals surface area contributed by atoms with Crippen molar-refractivity contribution >= 4 is 40.6 Å². The molecule has 0 saturated heterocycles. The molecule has 1 aromatic heterocycles. The van der Waals surface area contributed by atoms with Crippen molar-refractivity contribution in [1.82, 2.24) is 4.98 Å². The highest BCUT2D eigenvalue weighted by Gasteiger charge is 2.02. The minimum Gasteiger partial charge on any atom is -0.365 e. The SMILES string of the molecule is Clc1cccc(CNc2ncc(Cl)cc2Cl)c1. The van der Waals surface area contributed by atoms with E-state index in [0.717, 1.165) is 5.56 Å². The average molecular weight is 288 g/mol. The van der Waals surface area contributed by atoms with Crippen molar-refractivity contribution in [3.8, 4) is 0 Å². The lowest BCUT2D eigenvalue weighted by atomic mass is 10.2. The lowest BCUT2D eigenvalue weighted by Gasteiger charge is -2.07. The number of aromatic nitrogens is 1. The molecule has 0 aliphatic heterocycles. The minimum absolute atomic E-state index is 0.500. The van der Waals surface area contributed by atoms with Gasteiger partial charge in [0, 0.05) is 17.8 Å². The number of anilines is 1. The molecule has 5 heteroatoms. The zero-order chi connectivity index (χ0) is 12.3. The summed E-state index contributed by atoms with van der Waals surface area (Å²) in [4.78, 5) is 4.11. The van der Waals surface area contributed by atoms with E-state index in [9.17, 15) is 0 Å². The summed E-state index contributed by atoms with van der Waals surface area (Å²) in [6, 6.07) is 9.24. The van der Waals surface area contributed by atoms with E-state index in [1.54, 1.807) is 12.3 Å². The van der Waals surface area contributed by atoms with Gasteiger partial charge in [-0.3, -0.25) is 0 Å². The third-order valence-corrected chi connectivity index (χ3v) is 2.89. The number of nitrogens with one attached hydrogen (secondary N) is 1. The summed E-state index contributed by atoms with van der Waals surface area (Å²) >= 11 is 17.6. The summed E-state index contributed by atoms with van der Waals surface area (Å²) in [5, 5.41) is 4.85. The molecule has 0 fully saturated rings. The molecule has 0 aliphatic carbocycles. The van der Waals surface area contributed by atoms with Crippen LogP contribution in [0.3, 0.4) is 0 Å². The van der Waals surface area contributed by atoms with Gasteiger partial charge in [0.1, 0.15) is 5.82 Å². The molecule has 0 amide bonds.